The number of aliphatic carboxylic acids is 1. The number of carbonyl (C=O) groups is 2. The van der Waals surface area contributed by atoms with Crippen LogP contribution in [0.5, 0.6) is 0 Å². The van der Waals surface area contributed by atoms with Crippen LogP contribution in [0.3, 0.4) is 0 Å². The number of benzene rings is 1. The van der Waals surface area contributed by atoms with Gasteiger partial charge in [-0.15, -0.1) is 0 Å². The second-order valence-corrected chi connectivity index (χ2v) is 4.74. The third-order valence-corrected chi connectivity index (χ3v) is 2.60. The first-order chi connectivity index (χ1) is 9.81. The SMILES string of the molecule is CC(C)NC(CC(=O)Nc1ccccc1[N+](=O)[O-])C(=O)O. The molecule has 114 valence electrons. The fourth-order valence-electron chi connectivity index (χ4n) is 1.75. The van der Waals surface area contributed by atoms with Crippen molar-refractivity contribution in [1.29, 1.82) is 0 Å². The van der Waals surface area contributed by atoms with Gasteiger partial charge in [0.05, 0.1) is 11.3 Å². The van der Waals surface area contributed by atoms with Gasteiger partial charge in [0.15, 0.2) is 0 Å². The number of nitrogens with zero attached hydrogens (tertiary/aromatic N) is 1. The quantitative estimate of drug-likeness (QED) is 0.516. The summed E-state index contributed by atoms with van der Waals surface area (Å²) in [7, 11) is 0. The lowest BCUT2D eigenvalue weighted by molar-refractivity contribution is -0.383. The molecule has 1 unspecified atom stereocenters. The van der Waals surface area contributed by atoms with Crippen molar-refractivity contribution in [1.82, 2.24) is 5.32 Å². The van der Waals surface area contributed by atoms with E-state index in [1.807, 2.05) is 0 Å². The molecular weight excluding hydrogens is 278 g/mol. The van der Waals surface area contributed by atoms with E-state index in [1.165, 1.54) is 18.2 Å². The molecule has 8 heteroatoms. The highest BCUT2D eigenvalue weighted by atomic mass is 16.6. The van der Waals surface area contributed by atoms with Crippen molar-refractivity contribution >= 4 is 23.3 Å². The third-order valence-electron chi connectivity index (χ3n) is 2.60. The molecule has 0 heterocycles. The fraction of sp³-hybridized carbons (Fsp3) is 0.385. The number of rotatable bonds is 7. The summed E-state index contributed by atoms with van der Waals surface area (Å²) in [5.41, 5.74) is -0.198. The minimum atomic E-state index is -1.15. The van der Waals surface area contributed by atoms with Gasteiger partial charge in [0.25, 0.3) is 5.69 Å². The Morgan fingerprint density at radius 1 is 1.33 bits per heavy atom. The molecule has 0 saturated heterocycles. The molecule has 0 fully saturated rings. The van der Waals surface area contributed by atoms with Gasteiger partial charge >= 0.3 is 5.97 Å². The molecule has 1 amide bonds. The molecule has 21 heavy (non-hydrogen) atoms. The van der Waals surface area contributed by atoms with E-state index in [0.717, 1.165) is 0 Å². The molecule has 1 rings (SSSR count). The molecule has 1 aromatic rings. The lowest BCUT2D eigenvalue weighted by Gasteiger charge is -2.16. The number of nitrogens with one attached hydrogen (secondary N) is 2. The molecule has 8 nitrogen and oxygen atoms in total. The van der Waals surface area contributed by atoms with Crippen molar-refractivity contribution in [3.63, 3.8) is 0 Å². The van der Waals surface area contributed by atoms with Gasteiger partial charge in [-0.2, -0.15) is 0 Å². The predicted molar refractivity (Wildman–Crippen MR) is 76.0 cm³/mol. The van der Waals surface area contributed by atoms with Crippen molar-refractivity contribution in [2.75, 3.05) is 5.32 Å². The highest BCUT2D eigenvalue weighted by Crippen LogP contribution is 2.23. The van der Waals surface area contributed by atoms with Gasteiger partial charge in [-0.3, -0.25) is 19.7 Å². The Bertz CT molecular complexity index is 544. The highest BCUT2D eigenvalue weighted by molar-refractivity contribution is 5.95. The summed E-state index contributed by atoms with van der Waals surface area (Å²) >= 11 is 0. The second-order valence-electron chi connectivity index (χ2n) is 4.74. The van der Waals surface area contributed by atoms with Crippen LogP contribution in [0.2, 0.25) is 0 Å². The minimum absolute atomic E-state index is 0.0428. The lowest BCUT2D eigenvalue weighted by atomic mass is 10.1. The first-order valence-electron chi connectivity index (χ1n) is 6.33. The fourth-order valence-corrected chi connectivity index (χ4v) is 1.75. The molecule has 0 saturated carbocycles. The van der Waals surface area contributed by atoms with Crippen molar-refractivity contribution in [3.8, 4) is 0 Å². The molecule has 3 N–H and O–H groups in total. The lowest BCUT2D eigenvalue weighted by Crippen LogP contribution is -2.43. The molecule has 0 radical (unpaired) electrons. The van der Waals surface area contributed by atoms with Crippen LogP contribution >= 0.6 is 0 Å². The maximum atomic E-state index is 11.8. The summed E-state index contributed by atoms with van der Waals surface area (Å²) in [6, 6.07) is 4.52. The van der Waals surface area contributed by atoms with E-state index in [2.05, 4.69) is 10.6 Å². The van der Waals surface area contributed by atoms with Crippen molar-refractivity contribution in [2.24, 2.45) is 0 Å². The van der Waals surface area contributed by atoms with Gasteiger partial charge in [-0.1, -0.05) is 26.0 Å². The van der Waals surface area contributed by atoms with Gasteiger partial charge in [0.2, 0.25) is 5.91 Å². The van der Waals surface area contributed by atoms with Crippen molar-refractivity contribution in [3.05, 3.63) is 34.4 Å². The molecule has 0 aromatic heterocycles. The van der Waals surface area contributed by atoms with E-state index >= 15 is 0 Å². The number of hydrogen-bond donors (Lipinski definition) is 3. The Morgan fingerprint density at radius 2 is 1.95 bits per heavy atom. The molecule has 0 bridgehead atoms. The average Bonchev–Trinajstić information content (AvgIpc) is 2.37. The Balaban J connectivity index is 2.77. The normalized spacial score (nSPS) is 12.0. The molecule has 0 aliphatic rings. The Morgan fingerprint density at radius 3 is 2.48 bits per heavy atom. The van der Waals surface area contributed by atoms with Crippen LogP contribution in [-0.4, -0.2) is 34.0 Å². The number of nitro benzene ring substituents is 1. The van der Waals surface area contributed by atoms with E-state index in [0.29, 0.717) is 0 Å². The van der Waals surface area contributed by atoms with Crippen LogP contribution in [-0.2, 0) is 9.59 Å². The summed E-state index contributed by atoms with van der Waals surface area (Å²) in [5, 5.41) is 25.0. The van der Waals surface area contributed by atoms with Gasteiger partial charge in [-0.05, 0) is 6.07 Å². The van der Waals surface area contributed by atoms with Gasteiger partial charge < -0.3 is 15.7 Å². The standard InChI is InChI=1S/C13H17N3O5/c1-8(2)14-10(13(18)19)7-12(17)15-9-5-3-4-6-11(9)16(20)21/h3-6,8,10,14H,7H2,1-2H3,(H,15,17)(H,18,19). The number of carbonyl (C=O) groups excluding carboxylic acids is 1. The zero-order valence-electron chi connectivity index (χ0n) is 11.7. The number of carboxylic acids is 1. The topological polar surface area (TPSA) is 122 Å². The monoisotopic (exact) mass is 295 g/mol. The van der Waals surface area contributed by atoms with Crippen molar-refractivity contribution < 1.29 is 19.6 Å². The maximum Gasteiger partial charge on any atom is 0.321 e. The number of anilines is 1. The van der Waals surface area contributed by atoms with Crippen LogP contribution in [0.25, 0.3) is 0 Å². The summed E-state index contributed by atoms with van der Waals surface area (Å²) in [6.45, 7) is 3.52. The van der Waals surface area contributed by atoms with Crippen LogP contribution in [0, 0.1) is 10.1 Å². The largest absolute Gasteiger partial charge is 0.480 e. The predicted octanol–water partition coefficient (Wildman–Crippen LogP) is 1.37. The smallest absolute Gasteiger partial charge is 0.321 e. The average molecular weight is 295 g/mol. The zero-order valence-corrected chi connectivity index (χ0v) is 11.7. The Hall–Kier alpha value is -2.48. The second kappa shape index (κ2) is 7.34. The Labute approximate surface area is 121 Å². The molecule has 1 atom stereocenters. The number of para-hydroxylation sites is 2. The van der Waals surface area contributed by atoms with Crippen LogP contribution in [0.15, 0.2) is 24.3 Å². The Kier molecular flexibility index (Phi) is 5.79. The first kappa shape index (κ1) is 16.6. The number of amides is 1. The molecule has 0 spiro atoms. The maximum absolute atomic E-state index is 11.8. The van der Waals surface area contributed by atoms with E-state index in [4.69, 9.17) is 5.11 Å². The first-order valence-corrected chi connectivity index (χ1v) is 6.33. The number of hydrogen-bond acceptors (Lipinski definition) is 5. The van der Waals surface area contributed by atoms with Crippen LogP contribution in [0.4, 0.5) is 11.4 Å². The summed E-state index contributed by atoms with van der Waals surface area (Å²) in [6.07, 6.45) is -0.320. The van der Waals surface area contributed by atoms with Crippen LogP contribution < -0.4 is 10.6 Å². The van der Waals surface area contributed by atoms with E-state index in [-0.39, 0.29) is 23.8 Å². The van der Waals surface area contributed by atoms with E-state index in [1.54, 1.807) is 19.9 Å². The van der Waals surface area contributed by atoms with E-state index < -0.39 is 22.8 Å². The molecular formula is C13H17N3O5. The van der Waals surface area contributed by atoms with Gasteiger partial charge in [0, 0.05) is 12.1 Å². The van der Waals surface area contributed by atoms with E-state index in [9.17, 15) is 19.7 Å². The molecule has 1 aromatic carbocycles. The summed E-state index contributed by atoms with van der Waals surface area (Å²) < 4.78 is 0. The van der Waals surface area contributed by atoms with Gasteiger partial charge in [-0.25, -0.2) is 0 Å². The highest BCUT2D eigenvalue weighted by Gasteiger charge is 2.23. The van der Waals surface area contributed by atoms with Crippen LogP contribution in [0.1, 0.15) is 20.3 Å². The number of nitro groups is 1. The minimum Gasteiger partial charge on any atom is -0.480 e. The van der Waals surface area contributed by atoms with Gasteiger partial charge in [0.1, 0.15) is 11.7 Å². The molecule has 0 aliphatic carbocycles. The number of carboxylic acid groups (broad SMARTS) is 1. The zero-order chi connectivity index (χ0) is 16.0. The third kappa shape index (κ3) is 5.19. The molecule has 0 aliphatic heterocycles. The summed E-state index contributed by atoms with van der Waals surface area (Å²) in [5.74, 6) is -1.76. The van der Waals surface area contributed by atoms with Crippen molar-refractivity contribution in [2.45, 2.75) is 32.4 Å². The summed E-state index contributed by atoms with van der Waals surface area (Å²) in [4.78, 5) is 33.1.